The van der Waals surface area contributed by atoms with E-state index in [9.17, 15) is 0 Å². The molecule has 2 aromatic rings. The fraction of sp³-hybridized carbons (Fsp3) is 0.222. The maximum Gasteiger partial charge on any atom is 0.0666 e. The van der Waals surface area contributed by atoms with E-state index in [1.54, 1.807) is 0 Å². The van der Waals surface area contributed by atoms with E-state index in [0.717, 1.165) is 0 Å². The van der Waals surface area contributed by atoms with Gasteiger partial charge >= 0.3 is 0 Å². The van der Waals surface area contributed by atoms with Crippen LogP contribution in [0.5, 0.6) is 0 Å². The number of nitrogens with zero attached hydrogens (tertiary/aromatic N) is 2. The van der Waals surface area contributed by atoms with Crippen LogP contribution in [-0.2, 0) is 7.05 Å². The summed E-state index contributed by atoms with van der Waals surface area (Å²) in [4.78, 5) is 4.12. The van der Waals surface area contributed by atoms with Crippen LogP contribution in [0.4, 0.5) is 0 Å². The maximum absolute atomic E-state index is 4.12. The van der Waals surface area contributed by atoms with E-state index in [-0.39, 0.29) is 0 Å². The van der Waals surface area contributed by atoms with Gasteiger partial charge in [-0.25, -0.2) is 0 Å². The average molecular weight is 146 g/mol. The van der Waals surface area contributed by atoms with E-state index in [1.165, 1.54) is 16.5 Å². The third-order valence-electron chi connectivity index (χ3n) is 2.01. The van der Waals surface area contributed by atoms with E-state index >= 15 is 0 Å². The van der Waals surface area contributed by atoms with Gasteiger partial charge in [-0.05, 0) is 18.6 Å². The Balaban J connectivity index is 2.94. The normalized spacial score (nSPS) is 10.7. The molecule has 56 valence electrons. The number of aromatic nitrogens is 2. The molecule has 0 fully saturated rings. The lowest BCUT2D eigenvalue weighted by molar-refractivity contribution is 0.964. The second-order valence-electron chi connectivity index (χ2n) is 2.82. The Morgan fingerprint density at radius 3 is 2.91 bits per heavy atom. The summed E-state index contributed by atoms with van der Waals surface area (Å²) < 4.78 is 2.08. The molecule has 0 aromatic carbocycles. The van der Waals surface area contributed by atoms with Crippen molar-refractivity contribution in [2.75, 3.05) is 0 Å². The molecule has 2 nitrogen and oxygen atoms in total. The molecule has 0 saturated carbocycles. The molecule has 2 aromatic heterocycles. The predicted molar refractivity (Wildman–Crippen MR) is 45.5 cm³/mol. The Bertz CT molecular complexity index is 387. The van der Waals surface area contributed by atoms with Crippen molar-refractivity contribution in [1.29, 1.82) is 0 Å². The smallest absolute Gasteiger partial charge is 0.0666 e. The van der Waals surface area contributed by atoms with E-state index in [0.29, 0.717) is 0 Å². The molecular formula is C9H10N2. The van der Waals surface area contributed by atoms with Gasteiger partial charge in [-0.15, -0.1) is 0 Å². The van der Waals surface area contributed by atoms with E-state index in [2.05, 4.69) is 28.7 Å². The van der Waals surface area contributed by atoms with Crippen molar-refractivity contribution in [2.45, 2.75) is 6.92 Å². The SMILES string of the molecule is Cc1cncc2c1ccn2C. The lowest BCUT2D eigenvalue weighted by atomic mass is 10.2. The number of aryl methyl sites for hydroxylation is 2. The van der Waals surface area contributed by atoms with Gasteiger partial charge < -0.3 is 4.57 Å². The third kappa shape index (κ3) is 0.827. The number of rotatable bonds is 0. The number of pyridine rings is 1. The summed E-state index contributed by atoms with van der Waals surface area (Å²) in [5, 5.41) is 1.29. The molecule has 0 saturated heterocycles. The zero-order valence-corrected chi connectivity index (χ0v) is 6.70. The Morgan fingerprint density at radius 2 is 2.18 bits per heavy atom. The Hall–Kier alpha value is -1.31. The van der Waals surface area contributed by atoms with Crippen molar-refractivity contribution in [2.24, 2.45) is 7.05 Å². The van der Waals surface area contributed by atoms with Gasteiger partial charge in [0.05, 0.1) is 11.7 Å². The van der Waals surface area contributed by atoms with Crippen LogP contribution in [0.15, 0.2) is 24.7 Å². The molecule has 0 amide bonds. The molecule has 0 aliphatic carbocycles. The summed E-state index contributed by atoms with van der Waals surface area (Å²) >= 11 is 0. The first-order chi connectivity index (χ1) is 5.29. The summed E-state index contributed by atoms with van der Waals surface area (Å²) in [7, 11) is 2.03. The molecule has 2 heteroatoms. The standard InChI is InChI=1S/C9H10N2/c1-7-5-10-6-9-8(7)3-4-11(9)2/h3-6H,1-2H3. The molecule has 0 spiro atoms. The van der Waals surface area contributed by atoms with Crippen LogP contribution >= 0.6 is 0 Å². The van der Waals surface area contributed by atoms with Gasteiger partial charge in [0.1, 0.15) is 0 Å². The van der Waals surface area contributed by atoms with Crippen molar-refractivity contribution >= 4 is 10.9 Å². The zero-order valence-electron chi connectivity index (χ0n) is 6.70. The molecule has 0 unspecified atom stereocenters. The van der Waals surface area contributed by atoms with Crippen molar-refractivity contribution in [3.63, 3.8) is 0 Å². The van der Waals surface area contributed by atoms with Crippen molar-refractivity contribution < 1.29 is 0 Å². The molecule has 0 atom stereocenters. The van der Waals surface area contributed by atoms with Gasteiger partial charge in [-0.1, -0.05) is 0 Å². The minimum atomic E-state index is 1.20. The lowest BCUT2D eigenvalue weighted by Crippen LogP contribution is -1.85. The molecule has 0 aliphatic rings. The minimum Gasteiger partial charge on any atom is -0.349 e. The number of hydrogen-bond donors (Lipinski definition) is 0. The fourth-order valence-corrected chi connectivity index (χ4v) is 1.33. The van der Waals surface area contributed by atoms with Crippen LogP contribution in [0.25, 0.3) is 10.9 Å². The Kier molecular flexibility index (Phi) is 1.22. The molecule has 2 rings (SSSR count). The topological polar surface area (TPSA) is 17.8 Å². The summed E-state index contributed by atoms with van der Waals surface area (Å²) in [6.45, 7) is 2.08. The third-order valence-corrected chi connectivity index (χ3v) is 2.01. The highest BCUT2D eigenvalue weighted by atomic mass is 14.9. The predicted octanol–water partition coefficient (Wildman–Crippen LogP) is 1.88. The first-order valence-electron chi connectivity index (χ1n) is 3.64. The first-order valence-corrected chi connectivity index (χ1v) is 3.64. The molecule has 0 aliphatic heterocycles. The van der Waals surface area contributed by atoms with E-state index in [1.807, 2.05) is 19.4 Å². The molecule has 11 heavy (non-hydrogen) atoms. The van der Waals surface area contributed by atoms with Crippen LogP contribution in [0.1, 0.15) is 5.56 Å². The molecule has 0 N–H and O–H groups in total. The van der Waals surface area contributed by atoms with Gasteiger partial charge in [-0.3, -0.25) is 4.98 Å². The number of fused-ring (bicyclic) bond motifs is 1. The summed E-state index contributed by atoms with van der Waals surface area (Å²) in [5.74, 6) is 0. The Morgan fingerprint density at radius 1 is 1.36 bits per heavy atom. The molecule has 0 radical (unpaired) electrons. The fourth-order valence-electron chi connectivity index (χ4n) is 1.33. The zero-order chi connectivity index (χ0) is 7.84. The summed E-state index contributed by atoms with van der Waals surface area (Å²) in [5.41, 5.74) is 2.44. The van der Waals surface area contributed by atoms with Gasteiger partial charge in [0.15, 0.2) is 0 Å². The van der Waals surface area contributed by atoms with Crippen LogP contribution < -0.4 is 0 Å². The monoisotopic (exact) mass is 146 g/mol. The van der Waals surface area contributed by atoms with Crippen LogP contribution in [0, 0.1) is 6.92 Å². The Labute approximate surface area is 65.5 Å². The quantitative estimate of drug-likeness (QED) is 0.555. The van der Waals surface area contributed by atoms with Gasteiger partial charge in [0.2, 0.25) is 0 Å². The maximum atomic E-state index is 4.12. The minimum absolute atomic E-state index is 1.20. The second kappa shape index (κ2) is 2.09. The van der Waals surface area contributed by atoms with Crippen LogP contribution in [-0.4, -0.2) is 9.55 Å². The van der Waals surface area contributed by atoms with Gasteiger partial charge in [0, 0.05) is 24.8 Å². The van der Waals surface area contributed by atoms with Crippen molar-refractivity contribution in [3.05, 3.63) is 30.2 Å². The average Bonchev–Trinajstić information content (AvgIpc) is 2.35. The number of hydrogen-bond acceptors (Lipinski definition) is 1. The van der Waals surface area contributed by atoms with E-state index in [4.69, 9.17) is 0 Å². The van der Waals surface area contributed by atoms with E-state index < -0.39 is 0 Å². The second-order valence-corrected chi connectivity index (χ2v) is 2.82. The highest BCUT2D eigenvalue weighted by molar-refractivity contribution is 5.82. The molecular weight excluding hydrogens is 136 g/mol. The lowest BCUT2D eigenvalue weighted by Gasteiger charge is -1.96. The highest BCUT2D eigenvalue weighted by Gasteiger charge is 1.98. The molecule has 2 heterocycles. The summed E-state index contributed by atoms with van der Waals surface area (Å²) in [6, 6.07) is 2.12. The van der Waals surface area contributed by atoms with Gasteiger partial charge in [0.25, 0.3) is 0 Å². The van der Waals surface area contributed by atoms with Crippen molar-refractivity contribution in [3.8, 4) is 0 Å². The first kappa shape index (κ1) is 6.40. The largest absolute Gasteiger partial charge is 0.349 e. The van der Waals surface area contributed by atoms with Crippen molar-refractivity contribution in [1.82, 2.24) is 9.55 Å². The van der Waals surface area contributed by atoms with Gasteiger partial charge in [-0.2, -0.15) is 0 Å². The van der Waals surface area contributed by atoms with Crippen LogP contribution in [0.3, 0.4) is 0 Å². The molecule has 0 bridgehead atoms. The summed E-state index contributed by atoms with van der Waals surface area (Å²) in [6.07, 6.45) is 5.84. The van der Waals surface area contributed by atoms with Crippen LogP contribution in [0.2, 0.25) is 0 Å². The highest BCUT2D eigenvalue weighted by Crippen LogP contribution is 2.16.